The summed E-state index contributed by atoms with van der Waals surface area (Å²) in [5.74, 6) is -2.08. The van der Waals surface area contributed by atoms with Crippen molar-refractivity contribution < 1.29 is 74.1 Å². The molecule has 1 aromatic rings. The highest BCUT2D eigenvalue weighted by atomic mass is 16.8. The molecule has 8 N–H and O–H groups in total. The second kappa shape index (κ2) is 14.2. The number of ether oxygens (including phenoxy) is 6. The molecule has 3 aliphatic heterocycles. The monoisotopic (exact) mass is 638 g/mol. The van der Waals surface area contributed by atoms with E-state index in [1.165, 1.54) is 31.4 Å². The van der Waals surface area contributed by atoms with Gasteiger partial charge < -0.3 is 69.3 Å². The van der Waals surface area contributed by atoms with Crippen LogP contribution in [0.2, 0.25) is 0 Å². The molecule has 0 radical (unpaired) electrons. The van der Waals surface area contributed by atoms with Crippen LogP contribution in [-0.2, 0) is 33.2 Å². The molecule has 0 unspecified atom stereocenters. The van der Waals surface area contributed by atoms with Gasteiger partial charge in [0, 0.05) is 12.0 Å². The first-order valence-electron chi connectivity index (χ1n) is 14.5. The highest BCUT2D eigenvalue weighted by Crippen LogP contribution is 2.43. The molecule has 5 rings (SSSR count). The van der Waals surface area contributed by atoms with Gasteiger partial charge in [0.25, 0.3) is 0 Å². The Kier molecular flexibility index (Phi) is 10.6. The van der Waals surface area contributed by atoms with E-state index >= 15 is 0 Å². The SMILES string of the molecule is C[C@@H]1O[C@@H](O[C@@H]2C=C(CO)[C@H]3[C@H](O[C@@H]4O[C@H](CO)[C@@H](O)[C@H](O)[C@H]4O)OC=C[C@H]32)[C@H](OC(=O)C=Cc2ccc(O)cc2)[C@H](O)[C@H]1O. The van der Waals surface area contributed by atoms with Crippen molar-refractivity contribution in [3.63, 3.8) is 0 Å². The molecule has 0 saturated carbocycles. The number of carbonyl (C=O) groups excluding carboxylic acids is 1. The van der Waals surface area contributed by atoms with E-state index in [2.05, 4.69) is 0 Å². The molecule has 1 aromatic carbocycles. The Labute approximate surface area is 257 Å². The summed E-state index contributed by atoms with van der Waals surface area (Å²) < 4.78 is 34.4. The largest absolute Gasteiger partial charge is 0.508 e. The average molecular weight is 639 g/mol. The van der Waals surface area contributed by atoms with E-state index in [-0.39, 0.29) is 5.75 Å². The summed E-state index contributed by atoms with van der Waals surface area (Å²) >= 11 is 0. The Morgan fingerprint density at radius 2 is 1.62 bits per heavy atom. The molecule has 15 heteroatoms. The minimum Gasteiger partial charge on any atom is -0.508 e. The standard InChI is InChI=1S/C30H38O15/c1-13-22(35)25(38)27(44-20(34)7-4-14-2-5-16(33)6-3-14)30(41-13)42-18-10-15(11-31)21-17(18)8-9-40-28(21)45-29-26(39)24(37)23(36)19(12-32)43-29/h2-10,13,17-19,21-33,35-39H,11-12H2,1H3/t13-,17-,18+,19+,21+,22-,23+,24-,25+,26+,27+,28-,29-,30-/m0/s1. The predicted molar refractivity (Wildman–Crippen MR) is 149 cm³/mol. The molecular formula is C30H38O15. The van der Waals surface area contributed by atoms with E-state index in [1.807, 2.05) is 0 Å². The van der Waals surface area contributed by atoms with Gasteiger partial charge in [0.05, 0.1) is 37.6 Å². The fourth-order valence-electron chi connectivity index (χ4n) is 5.80. The van der Waals surface area contributed by atoms with Crippen LogP contribution in [0, 0.1) is 11.8 Å². The molecule has 14 atom stereocenters. The van der Waals surface area contributed by atoms with E-state index in [4.69, 9.17) is 28.4 Å². The van der Waals surface area contributed by atoms with Crippen molar-refractivity contribution in [3.05, 3.63) is 59.9 Å². The van der Waals surface area contributed by atoms with Crippen LogP contribution in [0.3, 0.4) is 0 Å². The highest BCUT2D eigenvalue weighted by Gasteiger charge is 2.52. The van der Waals surface area contributed by atoms with Crippen LogP contribution in [0.25, 0.3) is 6.08 Å². The van der Waals surface area contributed by atoms with Crippen molar-refractivity contribution in [3.8, 4) is 5.75 Å². The minimum atomic E-state index is -1.69. The third-order valence-electron chi connectivity index (χ3n) is 8.34. The number of esters is 1. The Bertz CT molecular complexity index is 1250. The van der Waals surface area contributed by atoms with Gasteiger partial charge in [-0.1, -0.05) is 18.2 Å². The van der Waals surface area contributed by atoms with Gasteiger partial charge in [-0.05, 0) is 42.3 Å². The van der Waals surface area contributed by atoms with Crippen molar-refractivity contribution in [1.82, 2.24) is 0 Å². The maximum absolute atomic E-state index is 12.7. The fraction of sp³-hybridized carbons (Fsp3) is 0.567. The lowest BCUT2D eigenvalue weighted by Gasteiger charge is -2.43. The summed E-state index contributed by atoms with van der Waals surface area (Å²) in [7, 11) is 0. The van der Waals surface area contributed by atoms with Gasteiger partial charge in [-0.2, -0.15) is 0 Å². The summed E-state index contributed by atoms with van der Waals surface area (Å²) in [6, 6.07) is 6.04. The minimum absolute atomic E-state index is 0.0546. The van der Waals surface area contributed by atoms with Crippen LogP contribution in [-0.4, -0.2) is 134 Å². The molecule has 4 aliphatic rings. The number of rotatable bonds is 9. The Hall–Kier alpha value is -2.93. The molecule has 2 fully saturated rings. The zero-order valence-electron chi connectivity index (χ0n) is 24.1. The van der Waals surface area contributed by atoms with Crippen molar-refractivity contribution in [2.24, 2.45) is 11.8 Å². The lowest BCUT2D eigenvalue weighted by Crippen LogP contribution is -2.60. The lowest BCUT2D eigenvalue weighted by atomic mass is 9.88. The molecule has 248 valence electrons. The average Bonchev–Trinajstić information content (AvgIpc) is 3.40. The number of phenolic OH excluding ortho intramolecular Hbond substituents is 1. The molecular weight excluding hydrogens is 600 g/mol. The van der Waals surface area contributed by atoms with Crippen LogP contribution < -0.4 is 0 Å². The molecule has 1 aliphatic carbocycles. The number of aliphatic hydroxyl groups is 7. The summed E-state index contributed by atoms with van der Waals surface area (Å²) in [6.45, 7) is 0.410. The first kappa shape index (κ1) is 33.4. The number of phenols is 1. The van der Waals surface area contributed by atoms with Crippen LogP contribution in [0.5, 0.6) is 5.75 Å². The van der Waals surface area contributed by atoms with E-state index in [0.29, 0.717) is 11.1 Å². The maximum atomic E-state index is 12.7. The molecule has 3 heterocycles. The van der Waals surface area contributed by atoms with Crippen molar-refractivity contribution in [2.45, 2.75) is 80.7 Å². The van der Waals surface area contributed by atoms with Crippen LogP contribution in [0.4, 0.5) is 0 Å². The quantitative estimate of drug-likeness (QED) is 0.0832. The maximum Gasteiger partial charge on any atom is 0.331 e. The van der Waals surface area contributed by atoms with Crippen LogP contribution in [0.15, 0.2) is 54.3 Å². The number of aliphatic hydroxyl groups excluding tert-OH is 7. The third kappa shape index (κ3) is 7.08. The number of aromatic hydroxyl groups is 1. The van der Waals surface area contributed by atoms with Gasteiger partial charge in [-0.25, -0.2) is 4.79 Å². The third-order valence-corrected chi connectivity index (χ3v) is 8.34. The molecule has 0 spiro atoms. The van der Waals surface area contributed by atoms with Crippen molar-refractivity contribution in [1.29, 1.82) is 0 Å². The second-order valence-corrected chi connectivity index (χ2v) is 11.3. The summed E-state index contributed by atoms with van der Waals surface area (Å²) in [6.07, 6.45) is -9.27. The van der Waals surface area contributed by atoms with Gasteiger partial charge in [-0.3, -0.25) is 0 Å². The number of carbonyl (C=O) groups is 1. The van der Waals surface area contributed by atoms with Crippen LogP contribution in [0.1, 0.15) is 12.5 Å². The number of fused-ring (bicyclic) bond motifs is 1. The fourth-order valence-corrected chi connectivity index (χ4v) is 5.80. The zero-order chi connectivity index (χ0) is 32.4. The smallest absolute Gasteiger partial charge is 0.331 e. The molecule has 2 saturated heterocycles. The normalized spacial score (nSPS) is 41.4. The Morgan fingerprint density at radius 3 is 2.31 bits per heavy atom. The first-order chi connectivity index (χ1) is 21.5. The van der Waals surface area contributed by atoms with Gasteiger partial charge in [-0.15, -0.1) is 0 Å². The summed E-state index contributed by atoms with van der Waals surface area (Å²) in [5.41, 5.74) is 1.01. The van der Waals surface area contributed by atoms with E-state index in [1.54, 1.807) is 24.3 Å². The second-order valence-electron chi connectivity index (χ2n) is 11.3. The number of hydrogen-bond acceptors (Lipinski definition) is 15. The topological polar surface area (TPSA) is 234 Å². The lowest BCUT2D eigenvalue weighted by molar-refractivity contribution is -0.341. The van der Waals surface area contributed by atoms with E-state index in [9.17, 15) is 45.6 Å². The first-order valence-corrected chi connectivity index (χ1v) is 14.5. The summed E-state index contributed by atoms with van der Waals surface area (Å²) in [4.78, 5) is 12.7. The van der Waals surface area contributed by atoms with Crippen molar-refractivity contribution >= 4 is 12.0 Å². The highest BCUT2D eigenvalue weighted by molar-refractivity contribution is 5.87. The van der Waals surface area contributed by atoms with Gasteiger partial charge in [0.2, 0.25) is 6.29 Å². The van der Waals surface area contributed by atoms with Crippen molar-refractivity contribution in [2.75, 3.05) is 13.2 Å². The molecule has 0 bridgehead atoms. The number of benzene rings is 1. The van der Waals surface area contributed by atoms with Gasteiger partial charge in [0.1, 0.15) is 42.4 Å². The summed E-state index contributed by atoms with van der Waals surface area (Å²) in [5, 5.41) is 81.1. The van der Waals surface area contributed by atoms with Crippen LogP contribution >= 0.6 is 0 Å². The molecule has 15 nitrogen and oxygen atoms in total. The Balaban J connectivity index is 1.30. The molecule has 45 heavy (non-hydrogen) atoms. The van der Waals surface area contributed by atoms with E-state index in [0.717, 1.165) is 6.08 Å². The van der Waals surface area contributed by atoms with Gasteiger partial charge in [0.15, 0.2) is 18.7 Å². The molecule has 0 aromatic heterocycles. The molecule has 0 amide bonds. The van der Waals surface area contributed by atoms with E-state index < -0.39 is 105 Å². The number of hydrogen-bond donors (Lipinski definition) is 8. The predicted octanol–water partition coefficient (Wildman–Crippen LogP) is -1.98. The van der Waals surface area contributed by atoms with Gasteiger partial charge >= 0.3 is 5.97 Å². The zero-order valence-corrected chi connectivity index (χ0v) is 24.1. The Morgan fingerprint density at radius 1 is 0.889 bits per heavy atom.